The average Bonchev–Trinajstić information content (AvgIpc) is 3.33. The Morgan fingerprint density at radius 2 is 1.88 bits per heavy atom. The first-order valence-corrected chi connectivity index (χ1v) is 13.7. The van der Waals surface area contributed by atoms with Crippen LogP contribution in [0.5, 0.6) is 0 Å². The minimum absolute atomic E-state index is 0.110. The summed E-state index contributed by atoms with van der Waals surface area (Å²) in [7, 11) is 0. The first-order valence-electron chi connectivity index (χ1n) is 13.3. The van der Waals surface area contributed by atoms with E-state index in [-0.39, 0.29) is 11.3 Å². The van der Waals surface area contributed by atoms with E-state index in [1.807, 2.05) is 13.1 Å². The lowest BCUT2D eigenvalue weighted by molar-refractivity contribution is -0.151. The van der Waals surface area contributed by atoms with E-state index in [1.165, 1.54) is 25.7 Å². The molecule has 0 radical (unpaired) electrons. The second-order valence-electron chi connectivity index (χ2n) is 12.9. The van der Waals surface area contributed by atoms with Gasteiger partial charge in [-0.25, -0.2) is 4.98 Å². The normalized spacial score (nSPS) is 43.9. The van der Waals surface area contributed by atoms with Crippen LogP contribution in [0.2, 0.25) is 5.15 Å². The minimum atomic E-state index is -0.482. The highest BCUT2D eigenvalue weighted by atomic mass is 35.5. The van der Waals surface area contributed by atoms with Gasteiger partial charge in [0.05, 0.1) is 18.3 Å². The minimum Gasteiger partial charge on any atom is -0.390 e. The molecule has 0 unspecified atom stereocenters. The molecule has 4 fully saturated rings. The van der Waals surface area contributed by atoms with Gasteiger partial charge < -0.3 is 5.11 Å². The number of carbonyl (C=O) groups excluding carboxylic acids is 1. The molecule has 2 aromatic rings. The van der Waals surface area contributed by atoms with Crippen molar-refractivity contribution in [2.24, 2.45) is 40.4 Å². The number of hydrogen-bond acceptors (Lipinski definition) is 4. The molecule has 6 rings (SSSR count). The van der Waals surface area contributed by atoms with Crippen LogP contribution in [0.25, 0.3) is 10.9 Å². The van der Waals surface area contributed by atoms with Gasteiger partial charge in [0.1, 0.15) is 10.7 Å². The third-order valence-electron chi connectivity index (χ3n) is 11.1. The molecule has 0 amide bonds. The predicted octanol–water partition coefficient (Wildman–Crippen LogP) is 6.06. The lowest BCUT2D eigenvalue weighted by Crippen LogP contribution is -2.55. The number of halogens is 1. The maximum atomic E-state index is 13.6. The van der Waals surface area contributed by atoms with Gasteiger partial charge in [0.2, 0.25) is 0 Å². The highest BCUT2D eigenvalue weighted by molar-refractivity contribution is 6.30. The number of nitrogens with zero attached hydrogens (tertiary/aromatic N) is 3. The third kappa shape index (κ3) is 3.48. The van der Waals surface area contributed by atoms with Crippen LogP contribution in [0.4, 0.5) is 0 Å². The molecule has 34 heavy (non-hydrogen) atoms. The van der Waals surface area contributed by atoms with Crippen molar-refractivity contribution in [3.63, 3.8) is 0 Å². The van der Waals surface area contributed by atoms with Gasteiger partial charge in [-0.1, -0.05) is 25.4 Å². The number of Topliss-reactive ketones (excluding diaryl/α,β-unsaturated/α-hetero) is 1. The zero-order chi connectivity index (χ0) is 23.9. The Morgan fingerprint density at radius 1 is 1.09 bits per heavy atom. The van der Waals surface area contributed by atoms with Crippen molar-refractivity contribution >= 4 is 28.3 Å². The van der Waals surface area contributed by atoms with Crippen molar-refractivity contribution in [1.29, 1.82) is 0 Å². The van der Waals surface area contributed by atoms with E-state index < -0.39 is 5.60 Å². The summed E-state index contributed by atoms with van der Waals surface area (Å²) in [5.41, 5.74) is 0.770. The molecule has 0 aromatic carbocycles. The number of carbonyl (C=O) groups is 1. The molecule has 2 heterocycles. The summed E-state index contributed by atoms with van der Waals surface area (Å²) < 4.78 is 1.79. The number of hydrogen-bond donors (Lipinski definition) is 1. The summed E-state index contributed by atoms with van der Waals surface area (Å²) in [6.07, 6.45) is 13.8. The monoisotopic (exact) mass is 483 g/mol. The van der Waals surface area contributed by atoms with Crippen molar-refractivity contribution in [3.8, 4) is 0 Å². The van der Waals surface area contributed by atoms with Crippen LogP contribution in [0.1, 0.15) is 78.6 Å². The number of rotatable bonds is 3. The molecule has 4 aliphatic carbocycles. The van der Waals surface area contributed by atoms with Crippen LogP contribution in [-0.2, 0) is 11.3 Å². The van der Waals surface area contributed by atoms with Crippen LogP contribution in [0.15, 0.2) is 18.5 Å². The van der Waals surface area contributed by atoms with Gasteiger partial charge in [0, 0.05) is 17.5 Å². The smallest absolute Gasteiger partial charge is 0.157 e. The summed E-state index contributed by atoms with van der Waals surface area (Å²) in [5, 5.41) is 16.7. The van der Waals surface area contributed by atoms with Gasteiger partial charge in [-0.2, -0.15) is 5.10 Å². The fourth-order valence-corrected chi connectivity index (χ4v) is 9.43. The van der Waals surface area contributed by atoms with E-state index in [2.05, 4.69) is 23.9 Å². The summed E-state index contributed by atoms with van der Waals surface area (Å²) in [4.78, 5) is 17.7. The van der Waals surface area contributed by atoms with Gasteiger partial charge in [-0.15, -0.1) is 0 Å². The topological polar surface area (TPSA) is 68.0 Å². The lowest BCUT2D eigenvalue weighted by Gasteiger charge is -2.61. The first-order chi connectivity index (χ1) is 16.1. The zero-order valence-corrected chi connectivity index (χ0v) is 21.5. The van der Waals surface area contributed by atoms with Crippen LogP contribution in [0.3, 0.4) is 0 Å². The molecule has 4 saturated carbocycles. The Kier molecular flexibility index (Phi) is 5.25. The molecule has 1 N–H and O–H groups in total. The van der Waals surface area contributed by atoms with Gasteiger partial charge >= 0.3 is 0 Å². The fraction of sp³-hybridized carbons (Fsp3) is 0.750. The van der Waals surface area contributed by atoms with Gasteiger partial charge in [0.15, 0.2) is 5.78 Å². The standard InChI is InChI=1S/C28H38ClN3O2/c1-26(34)10-11-27(2)18(13-26)4-5-19-20-6-7-22(28(20,3)9-8-21(19)27)24(33)16-32-15-17-12-25(29)30-14-23(17)31-32/h12,14-15,18-22,34H,4-11,13,16H2,1-3H3/t18-,19+,20+,21+,22-,26-,27+,28+/m1/s1. The molecule has 5 nitrogen and oxygen atoms in total. The third-order valence-corrected chi connectivity index (χ3v) is 11.3. The Balaban J connectivity index is 1.20. The van der Waals surface area contributed by atoms with Crippen LogP contribution < -0.4 is 0 Å². The van der Waals surface area contributed by atoms with E-state index in [0.29, 0.717) is 34.7 Å². The summed E-state index contributed by atoms with van der Waals surface area (Å²) in [5.74, 6) is 3.26. The molecule has 2 aromatic heterocycles. The maximum absolute atomic E-state index is 13.6. The van der Waals surface area contributed by atoms with Gasteiger partial charge in [-0.05, 0) is 105 Å². The Morgan fingerprint density at radius 3 is 2.71 bits per heavy atom. The van der Waals surface area contributed by atoms with Crippen molar-refractivity contribution in [3.05, 3.63) is 23.6 Å². The molecule has 8 atom stereocenters. The first kappa shape index (κ1) is 23.0. The average molecular weight is 484 g/mol. The highest BCUT2D eigenvalue weighted by Crippen LogP contribution is 2.68. The molecule has 0 spiro atoms. The molecule has 184 valence electrons. The van der Waals surface area contributed by atoms with Crippen LogP contribution >= 0.6 is 11.6 Å². The molecule has 6 heteroatoms. The van der Waals surface area contributed by atoms with Gasteiger partial charge in [-0.3, -0.25) is 9.48 Å². The second-order valence-corrected chi connectivity index (χ2v) is 13.3. The van der Waals surface area contributed by atoms with E-state index in [9.17, 15) is 9.90 Å². The van der Waals surface area contributed by atoms with E-state index in [1.54, 1.807) is 16.9 Å². The number of pyridine rings is 1. The number of fused-ring (bicyclic) bond motifs is 6. The quantitative estimate of drug-likeness (QED) is 0.538. The van der Waals surface area contributed by atoms with Crippen molar-refractivity contribution in [2.45, 2.75) is 90.7 Å². The number of ketones is 1. The molecule has 0 saturated heterocycles. The van der Waals surface area contributed by atoms with E-state index in [0.717, 1.165) is 54.8 Å². The predicted molar refractivity (Wildman–Crippen MR) is 133 cm³/mol. The SMILES string of the molecule is C[C@@]1(O)CC[C@@]2(C)[C@H](CC[C@@H]3[C@@H]2CC[C@]2(C)[C@@H](C(=O)Cn4cc5cc(Cl)ncc5n4)CC[C@@H]32)C1. The Hall–Kier alpha value is -1.46. The maximum Gasteiger partial charge on any atom is 0.157 e. The zero-order valence-electron chi connectivity index (χ0n) is 20.8. The lowest BCUT2D eigenvalue weighted by atomic mass is 9.44. The van der Waals surface area contributed by atoms with E-state index in [4.69, 9.17) is 11.6 Å². The number of aromatic nitrogens is 3. The molecular weight excluding hydrogens is 446 g/mol. The van der Waals surface area contributed by atoms with Gasteiger partial charge in [0.25, 0.3) is 0 Å². The summed E-state index contributed by atoms with van der Waals surface area (Å²) in [6.45, 7) is 7.33. The number of aliphatic hydroxyl groups is 1. The molecule has 4 aliphatic rings. The van der Waals surface area contributed by atoms with E-state index >= 15 is 0 Å². The summed E-state index contributed by atoms with van der Waals surface area (Å²) >= 11 is 6.03. The highest BCUT2D eigenvalue weighted by Gasteiger charge is 2.61. The molecule has 0 aliphatic heterocycles. The molecular formula is C28H38ClN3O2. The second kappa shape index (κ2) is 7.77. The molecule has 0 bridgehead atoms. The van der Waals surface area contributed by atoms with Crippen molar-refractivity contribution < 1.29 is 9.90 Å². The Bertz CT molecular complexity index is 1130. The van der Waals surface area contributed by atoms with Crippen molar-refractivity contribution in [2.75, 3.05) is 0 Å². The van der Waals surface area contributed by atoms with Crippen molar-refractivity contribution in [1.82, 2.24) is 14.8 Å². The van der Waals surface area contributed by atoms with Crippen LogP contribution in [-0.4, -0.2) is 31.3 Å². The summed E-state index contributed by atoms with van der Waals surface area (Å²) in [6, 6.07) is 1.81. The fourth-order valence-electron chi connectivity index (χ4n) is 9.26. The van der Waals surface area contributed by atoms with Crippen LogP contribution in [0, 0.1) is 40.4 Å². The Labute approximate surface area is 207 Å². The largest absolute Gasteiger partial charge is 0.390 e.